The number of phenolic OH excluding ortho intramolecular Hbond substituents is 1. The average Bonchev–Trinajstić information content (AvgIpc) is 2.97. The molecule has 1 saturated heterocycles. The van der Waals surface area contributed by atoms with Gasteiger partial charge in [-0.1, -0.05) is 0 Å². The van der Waals surface area contributed by atoms with Gasteiger partial charge in [-0.05, 0) is 44.1 Å². The van der Waals surface area contributed by atoms with Crippen LogP contribution in [0.25, 0.3) is 0 Å². The lowest BCUT2D eigenvalue weighted by molar-refractivity contribution is -0.162. The SMILES string of the molecule is CCN(C)C=Nc1cc(O)c(C2(C(F)(F)F)CCCS2)cc1C. The van der Waals surface area contributed by atoms with Gasteiger partial charge < -0.3 is 10.0 Å². The number of benzene rings is 1. The summed E-state index contributed by atoms with van der Waals surface area (Å²) >= 11 is 0.869. The summed E-state index contributed by atoms with van der Waals surface area (Å²) in [6.07, 6.45) is -2.31. The molecule has 0 saturated carbocycles. The van der Waals surface area contributed by atoms with Crippen LogP contribution < -0.4 is 0 Å². The monoisotopic (exact) mass is 346 g/mol. The van der Waals surface area contributed by atoms with Crippen molar-refractivity contribution in [2.75, 3.05) is 19.3 Å². The number of halogens is 3. The largest absolute Gasteiger partial charge is 0.508 e. The predicted molar refractivity (Wildman–Crippen MR) is 88.7 cm³/mol. The Bertz CT molecular complexity index is 596. The van der Waals surface area contributed by atoms with Gasteiger partial charge in [0.2, 0.25) is 0 Å². The summed E-state index contributed by atoms with van der Waals surface area (Å²) in [4.78, 5) is 6.08. The number of hydrogen-bond acceptors (Lipinski definition) is 3. The first kappa shape index (κ1) is 18.0. The fourth-order valence-electron chi connectivity index (χ4n) is 2.62. The number of alkyl halides is 3. The van der Waals surface area contributed by atoms with Gasteiger partial charge in [-0.15, -0.1) is 11.8 Å². The molecule has 0 spiro atoms. The van der Waals surface area contributed by atoms with E-state index in [1.165, 1.54) is 12.1 Å². The molecule has 0 aliphatic carbocycles. The Morgan fingerprint density at radius 3 is 2.65 bits per heavy atom. The number of aliphatic imine (C=N–C) groups is 1. The summed E-state index contributed by atoms with van der Waals surface area (Å²) < 4.78 is 38.9. The van der Waals surface area contributed by atoms with Crippen LogP contribution in [0.15, 0.2) is 17.1 Å². The standard InChI is InChI=1S/C16H21F3N2OS/c1-4-21(3)10-20-13-9-14(22)12(8-11(13)2)15(16(17,18)19)6-5-7-23-15/h8-10,22H,4-7H2,1-3H3. The van der Waals surface area contributed by atoms with Crippen LogP contribution in [-0.2, 0) is 4.75 Å². The number of aryl methyl sites for hydroxylation is 1. The molecular weight excluding hydrogens is 325 g/mol. The summed E-state index contributed by atoms with van der Waals surface area (Å²) in [7, 11) is 1.85. The average molecular weight is 346 g/mol. The van der Waals surface area contributed by atoms with Gasteiger partial charge in [0.25, 0.3) is 0 Å². The van der Waals surface area contributed by atoms with E-state index in [0.717, 1.165) is 18.3 Å². The molecule has 3 nitrogen and oxygen atoms in total. The third-order valence-electron chi connectivity index (χ3n) is 4.12. The second kappa shape index (κ2) is 6.63. The van der Waals surface area contributed by atoms with Crippen molar-refractivity contribution >= 4 is 23.8 Å². The second-order valence-corrected chi connectivity index (χ2v) is 7.14. The predicted octanol–water partition coefficient (Wildman–Crippen LogP) is 4.60. The van der Waals surface area contributed by atoms with Crippen molar-refractivity contribution in [2.45, 2.75) is 37.6 Å². The van der Waals surface area contributed by atoms with Crippen molar-refractivity contribution in [1.29, 1.82) is 0 Å². The summed E-state index contributed by atoms with van der Waals surface area (Å²) in [6, 6.07) is 2.76. The minimum Gasteiger partial charge on any atom is -0.508 e. The van der Waals surface area contributed by atoms with E-state index in [-0.39, 0.29) is 17.7 Å². The molecule has 1 unspecified atom stereocenters. The first-order valence-corrected chi connectivity index (χ1v) is 8.49. The Labute approximate surface area is 138 Å². The fourth-order valence-corrected chi connectivity index (χ4v) is 4.03. The van der Waals surface area contributed by atoms with Gasteiger partial charge in [-0.3, -0.25) is 0 Å². The summed E-state index contributed by atoms with van der Waals surface area (Å²) in [5.74, 6) is 0.104. The van der Waals surface area contributed by atoms with Crippen molar-refractivity contribution in [3.05, 3.63) is 23.3 Å². The van der Waals surface area contributed by atoms with E-state index in [2.05, 4.69) is 4.99 Å². The highest BCUT2D eigenvalue weighted by Crippen LogP contribution is 2.59. The molecule has 1 aliphatic rings. The van der Waals surface area contributed by atoms with Gasteiger partial charge in [-0.25, -0.2) is 4.99 Å². The van der Waals surface area contributed by atoms with Crippen molar-refractivity contribution < 1.29 is 18.3 Å². The lowest BCUT2D eigenvalue weighted by atomic mass is 9.90. The molecule has 0 amide bonds. The quantitative estimate of drug-likeness (QED) is 0.639. The van der Waals surface area contributed by atoms with Gasteiger partial charge in [0.15, 0.2) is 0 Å². The summed E-state index contributed by atoms with van der Waals surface area (Å²) in [6.45, 7) is 4.44. The molecule has 0 aromatic heterocycles. The summed E-state index contributed by atoms with van der Waals surface area (Å²) in [5, 5.41) is 10.2. The van der Waals surface area contributed by atoms with Crippen LogP contribution in [0.1, 0.15) is 30.9 Å². The number of hydrogen-bond donors (Lipinski definition) is 1. The Balaban J connectivity index is 2.45. The van der Waals surface area contributed by atoms with E-state index < -0.39 is 10.9 Å². The lowest BCUT2D eigenvalue weighted by Gasteiger charge is -2.32. The summed E-state index contributed by atoms with van der Waals surface area (Å²) in [5.41, 5.74) is 1.05. The van der Waals surface area contributed by atoms with Gasteiger partial charge in [0.05, 0.1) is 12.0 Å². The molecule has 1 aromatic rings. The minimum absolute atomic E-state index is 0.00461. The van der Waals surface area contributed by atoms with Crippen LogP contribution in [0.3, 0.4) is 0 Å². The van der Waals surface area contributed by atoms with Crippen molar-refractivity contribution in [1.82, 2.24) is 4.90 Å². The van der Waals surface area contributed by atoms with Gasteiger partial charge in [0, 0.05) is 25.2 Å². The number of nitrogens with zero attached hydrogens (tertiary/aromatic N) is 2. The second-order valence-electron chi connectivity index (χ2n) is 5.75. The zero-order valence-corrected chi connectivity index (χ0v) is 14.3. The normalized spacial score (nSPS) is 22.0. The van der Waals surface area contributed by atoms with Crippen LogP contribution in [0.2, 0.25) is 0 Å². The Hall–Kier alpha value is -1.37. The number of phenols is 1. The van der Waals surface area contributed by atoms with E-state index >= 15 is 0 Å². The molecule has 2 rings (SSSR count). The molecule has 1 N–H and O–H groups in total. The molecule has 1 aromatic carbocycles. The molecule has 23 heavy (non-hydrogen) atoms. The lowest BCUT2D eigenvalue weighted by Crippen LogP contribution is -2.37. The van der Waals surface area contributed by atoms with Crippen molar-refractivity contribution in [3.63, 3.8) is 0 Å². The van der Waals surface area contributed by atoms with Crippen LogP contribution in [0.5, 0.6) is 5.75 Å². The minimum atomic E-state index is -4.40. The van der Waals surface area contributed by atoms with Gasteiger partial charge in [-0.2, -0.15) is 13.2 Å². The number of thioether (sulfide) groups is 1. The third kappa shape index (κ3) is 3.44. The zero-order chi connectivity index (χ0) is 17.3. The maximum absolute atomic E-state index is 13.6. The maximum atomic E-state index is 13.6. The smallest absolute Gasteiger partial charge is 0.407 e. The highest BCUT2D eigenvalue weighted by atomic mass is 32.2. The molecule has 1 fully saturated rings. The molecule has 1 atom stereocenters. The number of rotatable bonds is 4. The highest BCUT2D eigenvalue weighted by molar-refractivity contribution is 8.00. The van der Waals surface area contributed by atoms with Crippen LogP contribution >= 0.6 is 11.8 Å². The third-order valence-corrected chi connectivity index (χ3v) is 5.76. The van der Waals surface area contributed by atoms with Crippen LogP contribution in [0, 0.1) is 6.92 Å². The van der Waals surface area contributed by atoms with E-state index in [0.29, 0.717) is 23.4 Å². The fraction of sp³-hybridized carbons (Fsp3) is 0.562. The molecule has 128 valence electrons. The molecular formula is C16H21F3N2OS. The van der Waals surface area contributed by atoms with Crippen molar-refractivity contribution in [2.24, 2.45) is 4.99 Å². The van der Waals surface area contributed by atoms with Crippen LogP contribution in [0.4, 0.5) is 18.9 Å². The first-order valence-electron chi connectivity index (χ1n) is 7.50. The molecule has 1 aliphatic heterocycles. The molecule has 7 heteroatoms. The van der Waals surface area contributed by atoms with E-state index in [1.54, 1.807) is 13.3 Å². The van der Waals surface area contributed by atoms with Crippen molar-refractivity contribution in [3.8, 4) is 5.75 Å². The number of aromatic hydroxyl groups is 1. The van der Waals surface area contributed by atoms with E-state index in [1.807, 2.05) is 18.9 Å². The Morgan fingerprint density at radius 2 is 2.13 bits per heavy atom. The maximum Gasteiger partial charge on any atom is 0.407 e. The Morgan fingerprint density at radius 1 is 1.43 bits per heavy atom. The molecule has 1 heterocycles. The molecule has 0 radical (unpaired) electrons. The van der Waals surface area contributed by atoms with Gasteiger partial charge >= 0.3 is 6.18 Å². The zero-order valence-electron chi connectivity index (χ0n) is 13.4. The van der Waals surface area contributed by atoms with Gasteiger partial charge in [0.1, 0.15) is 10.5 Å². The Kier molecular flexibility index (Phi) is 5.18. The van der Waals surface area contributed by atoms with E-state index in [4.69, 9.17) is 0 Å². The molecule has 0 bridgehead atoms. The van der Waals surface area contributed by atoms with Crippen LogP contribution in [-0.4, -0.2) is 41.9 Å². The first-order chi connectivity index (χ1) is 10.7. The topological polar surface area (TPSA) is 35.8 Å². The van der Waals surface area contributed by atoms with E-state index in [9.17, 15) is 18.3 Å². The highest BCUT2D eigenvalue weighted by Gasteiger charge is 2.59.